The number of carbonyl (C=O) groups excluding carboxylic acids is 1. The van der Waals surface area contributed by atoms with Gasteiger partial charge < -0.3 is 15.0 Å². The van der Waals surface area contributed by atoms with E-state index in [4.69, 9.17) is 9.84 Å². The highest BCUT2D eigenvalue weighted by Crippen LogP contribution is 2.40. The number of nitrogens with zero attached hydrogens (tertiary/aromatic N) is 5. The van der Waals surface area contributed by atoms with Crippen molar-refractivity contribution in [2.24, 2.45) is 0 Å². The Labute approximate surface area is 181 Å². The van der Waals surface area contributed by atoms with E-state index >= 15 is 0 Å². The van der Waals surface area contributed by atoms with Crippen LogP contribution in [0.2, 0.25) is 0 Å². The zero-order valence-electron chi connectivity index (χ0n) is 17.8. The normalized spacial score (nSPS) is 18.5. The molecule has 0 aliphatic carbocycles. The summed E-state index contributed by atoms with van der Waals surface area (Å²) in [7, 11) is 1.65. The Morgan fingerprint density at radius 3 is 2.58 bits per heavy atom. The molecule has 8 nitrogen and oxygen atoms in total. The second-order valence-electron chi connectivity index (χ2n) is 8.14. The summed E-state index contributed by atoms with van der Waals surface area (Å²) < 4.78 is 7.08. The van der Waals surface area contributed by atoms with Crippen LogP contribution in [0.15, 0.2) is 36.4 Å². The number of rotatable bonds is 4. The van der Waals surface area contributed by atoms with E-state index in [1.165, 1.54) is 19.3 Å². The van der Waals surface area contributed by atoms with Gasteiger partial charge in [-0.2, -0.15) is 9.78 Å². The van der Waals surface area contributed by atoms with Crippen molar-refractivity contribution in [2.75, 3.05) is 30.4 Å². The molecule has 8 heteroatoms. The quantitative estimate of drug-likeness (QED) is 0.699. The van der Waals surface area contributed by atoms with Crippen LogP contribution in [0.3, 0.4) is 0 Å². The number of ether oxygens (including phenoxy) is 1. The molecule has 1 atom stereocenters. The maximum atomic E-state index is 12.6. The number of hydrogen-bond donors (Lipinski definition) is 1. The maximum Gasteiger partial charge on any atom is 0.226 e. The van der Waals surface area contributed by atoms with Gasteiger partial charge in [-0.25, -0.2) is 0 Å². The molecule has 1 amide bonds. The van der Waals surface area contributed by atoms with E-state index in [0.29, 0.717) is 18.1 Å². The van der Waals surface area contributed by atoms with Crippen molar-refractivity contribution in [1.82, 2.24) is 20.0 Å². The summed E-state index contributed by atoms with van der Waals surface area (Å²) in [4.78, 5) is 14.9. The highest BCUT2D eigenvalue weighted by atomic mass is 16.5. The number of anilines is 2. The van der Waals surface area contributed by atoms with Gasteiger partial charge in [-0.15, -0.1) is 10.2 Å². The van der Waals surface area contributed by atoms with Crippen molar-refractivity contribution in [3.8, 4) is 11.6 Å². The summed E-state index contributed by atoms with van der Waals surface area (Å²) >= 11 is 0. The number of benzene rings is 1. The first-order valence-corrected chi connectivity index (χ1v) is 10.8. The lowest BCUT2D eigenvalue weighted by atomic mass is 9.86. The molecule has 2 aromatic heterocycles. The second kappa shape index (κ2) is 8.02. The number of nitrogens with one attached hydrogen (secondary N) is 1. The van der Waals surface area contributed by atoms with Crippen LogP contribution in [0.25, 0.3) is 5.82 Å². The second-order valence-corrected chi connectivity index (χ2v) is 8.14. The Balaban J connectivity index is 1.51. The zero-order chi connectivity index (χ0) is 21.4. The molecule has 1 saturated heterocycles. The number of aryl methyl sites for hydroxylation is 1. The van der Waals surface area contributed by atoms with Gasteiger partial charge in [0.15, 0.2) is 11.6 Å². The third-order valence-electron chi connectivity index (χ3n) is 6.13. The first-order chi connectivity index (χ1) is 15.1. The topological polar surface area (TPSA) is 85.2 Å². The number of carbonyl (C=O) groups is 1. The molecule has 2 aliphatic heterocycles. The van der Waals surface area contributed by atoms with Gasteiger partial charge in [-0.3, -0.25) is 4.79 Å². The van der Waals surface area contributed by atoms with Crippen LogP contribution in [-0.2, 0) is 4.79 Å². The number of fused-ring (bicyclic) bond motifs is 1. The van der Waals surface area contributed by atoms with Crippen LogP contribution < -0.4 is 15.0 Å². The van der Waals surface area contributed by atoms with Gasteiger partial charge in [0.25, 0.3) is 0 Å². The van der Waals surface area contributed by atoms with Gasteiger partial charge in [0.05, 0.1) is 12.8 Å². The van der Waals surface area contributed by atoms with Gasteiger partial charge in [-0.05, 0) is 56.0 Å². The lowest BCUT2D eigenvalue weighted by Crippen LogP contribution is -2.30. The van der Waals surface area contributed by atoms with E-state index in [0.717, 1.165) is 41.5 Å². The van der Waals surface area contributed by atoms with Gasteiger partial charge in [0.2, 0.25) is 5.91 Å². The average molecular weight is 419 g/mol. The van der Waals surface area contributed by atoms with Crippen LogP contribution in [-0.4, -0.2) is 46.1 Å². The summed E-state index contributed by atoms with van der Waals surface area (Å²) in [5, 5.41) is 16.6. The molecule has 160 valence electrons. The first kappa shape index (κ1) is 19.5. The number of amides is 1. The van der Waals surface area contributed by atoms with E-state index in [1.807, 2.05) is 43.3 Å². The van der Waals surface area contributed by atoms with Gasteiger partial charge in [-0.1, -0.05) is 12.1 Å². The molecule has 31 heavy (non-hydrogen) atoms. The SMILES string of the molecule is COc1cccc([C@@H]2CC(=O)Nc3c2c(C)nn3-c2ccc(N3CCCCC3)nn2)c1. The Bertz CT molecular complexity index is 1100. The number of piperidine rings is 1. The highest BCUT2D eigenvalue weighted by molar-refractivity contribution is 5.95. The lowest BCUT2D eigenvalue weighted by Gasteiger charge is -2.27. The van der Waals surface area contributed by atoms with Crippen LogP contribution in [0.1, 0.15) is 48.4 Å². The number of methoxy groups -OCH3 is 1. The van der Waals surface area contributed by atoms with Gasteiger partial charge >= 0.3 is 0 Å². The van der Waals surface area contributed by atoms with Gasteiger partial charge in [0.1, 0.15) is 11.6 Å². The fourth-order valence-corrected chi connectivity index (χ4v) is 4.58. The smallest absolute Gasteiger partial charge is 0.226 e. The maximum absolute atomic E-state index is 12.6. The Morgan fingerprint density at radius 2 is 1.84 bits per heavy atom. The molecule has 1 aromatic carbocycles. The first-order valence-electron chi connectivity index (χ1n) is 10.8. The third kappa shape index (κ3) is 3.62. The van der Waals surface area contributed by atoms with Gasteiger partial charge in [0, 0.05) is 31.0 Å². The fourth-order valence-electron chi connectivity index (χ4n) is 4.58. The average Bonchev–Trinajstić information content (AvgIpc) is 3.15. The largest absolute Gasteiger partial charge is 0.497 e. The minimum atomic E-state index is -0.0896. The molecule has 0 saturated carbocycles. The molecule has 0 spiro atoms. The molecular weight excluding hydrogens is 392 g/mol. The minimum Gasteiger partial charge on any atom is -0.497 e. The van der Waals surface area contributed by atoms with E-state index in [2.05, 4.69) is 20.4 Å². The lowest BCUT2D eigenvalue weighted by molar-refractivity contribution is -0.116. The van der Waals surface area contributed by atoms with Crippen LogP contribution >= 0.6 is 0 Å². The molecule has 3 aromatic rings. The van der Waals surface area contributed by atoms with Crippen molar-refractivity contribution in [3.05, 3.63) is 53.2 Å². The summed E-state index contributed by atoms with van der Waals surface area (Å²) in [6, 6.07) is 11.8. The van der Waals surface area contributed by atoms with Crippen LogP contribution in [0, 0.1) is 6.92 Å². The molecule has 4 heterocycles. The number of aromatic nitrogens is 4. The predicted octanol–water partition coefficient (Wildman–Crippen LogP) is 3.44. The molecule has 2 aliphatic rings. The van der Waals surface area contributed by atoms with Crippen molar-refractivity contribution >= 4 is 17.5 Å². The van der Waals surface area contributed by atoms with Crippen molar-refractivity contribution in [1.29, 1.82) is 0 Å². The molecule has 0 bridgehead atoms. The van der Waals surface area contributed by atoms with E-state index in [-0.39, 0.29) is 11.8 Å². The molecule has 0 unspecified atom stereocenters. The standard InChI is InChI=1S/C23H26N6O2/c1-15-22-18(16-7-6-8-17(13-16)31-2)14-21(30)24-23(22)29(27-15)20-10-9-19(25-26-20)28-11-4-3-5-12-28/h6-10,13,18H,3-5,11-12,14H2,1-2H3,(H,24,30)/t18-/m0/s1. The predicted molar refractivity (Wildman–Crippen MR) is 118 cm³/mol. The van der Waals surface area contributed by atoms with Crippen LogP contribution in [0.4, 0.5) is 11.6 Å². The Kier molecular flexibility index (Phi) is 5.05. The minimum absolute atomic E-state index is 0.0423. The zero-order valence-corrected chi connectivity index (χ0v) is 17.8. The third-order valence-corrected chi connectivity index (χ3v) is 6.13. The van der Waals surface area contributed by atoms with Crippen molar-refractivity contribution in [3.63, 3.8) is 0 Å². The van der Waals surface area contributed by atoms with E-state index in [9.17, 15) is 4.79 Å². The summed E-state index contributed by atoms with van der Waals surface area (Å²) in [6.07, 6.45) is 4.01. The molecule has 1 N–H and O–H groups in total. The van der Waals surface area contributed by atoms with E-state index in [1.54, 1.807) is 11.8 Å². The Hall–Kier alpha value is -3.42. The molecule has 0 radical (unpaired) electrons. The highest BCUT2D eigenvalue weighted by Gasteiger charge is 2.33. The fraction of sp³-hybridized carbons (Fsp3) is 0.391. The van der Waals surface area contributed by atoms with Crippen molar-refractivity contribution in [2.45, 2.75) is 38.5 Å². The molecule has 5 rings (SSSR count). The van der Waals surface area contributed by atoms with E-state index < -0.39 is 0 Å². The summed E-state index contributed by atoms with van der Waals surface area (Å²) in [6.45, 7) is 4.00. The van der Waals surface area contributed by atoms with Crippen LogP contribution in [0.5, 0.6) is 5.75 Å². The molecular formula is C23H26N6O2. The Morgan fingerprint density at radius 1 is 1.06 bits per heavy atom. The van der Waals surface area contributed by atoms with Crippen molar-refractivity contribution < 1.29 is 9.53 Å². The monoisotopic (exact) mass is 418 g/mol. The summed E-state index contributed by atoms with van der Waals surface area (Å²) in [5.74, 6) is 2.79. The summed E-state index contributed by atoms with van der Waals surface area (Å²) in [5.41, 5.74) is 2.91. The number of hydrogen-bond acceptors (Lipinski definition) is 6. The molecule has 1 fully saturated rings.